The van der Waals surface area contributed by atoms with Crippen molar-refractivity contribution in [2.75, 3.05) is 0 Å². The molecule has 0 aromatic rings. The molecule has 0 radical (unpaired) electrons. The molecule has 12 heavy (non-hydrogen) atoms. The van der Waals surface area contributed by atoms with Gasteiger partial charge in [-0.3, -0.25) is 0 Å². The van der Waals surface area contributed by atoms with Gasteiger partial charge in [-0.15, -0.1) is 0 Å². The van der Waals surface area contributed by atoms with Gasteiger partial charge in [0.05, 0.1) is 0 Å². The second-order valence-electron chi connectivity index (χ2n) is 2.82. The van der Waals surface area contributed by atoms with Gasteiger partial charge in [0.1, 0.15) is 0 Å². The highest BCUT2D eigenvalue weighted by Gasteiger charge is 1.95. The van der Waals surface area contributed by atoms with E-state index in [0.717, 1.165) is 21.7 Å². The lowest BCUT2D eigenvalue weighted by Crippen LogP contribution is -1.97. The third-order valence-electron chi connectivity index (χ3n) is 1.37. The van der Waals surface area contributed by atoms with Crippen LogP contribution in [0.1, 0.15) is 20.8 Å². The molecule has 0 fully saturated rings. The molecule has 2 heteroatoms. The standard InChI is InChI=1S/C10H15NS/c1-7(2)10(9(4)11)6-5-8(3)12/h5-6H,1,11H2,2-4H3/b6-5+,10-9-. The first-order chi connectivity index (χ1) is 5.45. The number of allylic oxidation sites excluding steroid dienone is 5. The highest BCUT2D eigenvalue weighted by atomic mass is 32.1. The normalized spacial score (nSPS) is 12.9. The van der Waals surface area contributed by atoms with Crippen LogP contribution in [0.5, 0.6) is 0 Å². The zero-order chi connectivity index (χ0) is 9.72. The summed E-state index contributed by atoms with van der Waals surface area (Å²) in [4.78, 5) is 0.843. The Labute approximate surface area is 79.7 Å². The average Bonchev–Trinajstić information content (AvgIpc) is 1.84. The molecule has 0 bridgehead atoms. The van der Waals surface area contributed by atoms with Crippen LogP contribution in [0.4, 0.5) is 0 Å². The van der Waals surface area contributed by atoms with Gasteiger partial charge in [0.25, 0.3) is 0 Å². The van der Waals surface area contributed by atoms with Crippen LogP contribution in [0.15, 0.2) is 35.6 Å². The van der Waals surface area contributed by atoms with Crippen LogP contribution < -0.4 is 5.73 Å². The molecule has 0 aromatic carbocycles. The number of thiocarbonyl (C=S) groups is 1. The molecule has 1 nitrogen and oxygen atoms in total. The van der Waals surface area contributed by atoms with E-state index in [0.29, 0.717) is 0 Å². The summed E-state index contributed by atoms with van der Waals surface area (Å²) < 4.78 is 0. The van der Waals surface area contributed by atoms with Gasteiger partial charge in [-0.2, -0.15) is 0 Å². The Balaban J connectivity index is 4.70. The van der Waals surface area contributed by atoms with E-state index in [4.69, 9.17) is 18.0 Å². The highest BCUT2D eigenvalue weighted by molar-refractivity contribution is 7.80. The minimum atomic E-state index is 0.773. The van der Waals surface area contributed by atoms with Crippen LogP contribution >= 0.6 is 12.2 Å². The molecule has 0 aliphatic carbocycles. The zero-order valence-electron chi connectivity index (χ0n) is 7.85. The summed E-state index contributed by atoms with van der Waals surface area (Å²) in [6.45, 7) is 9.47. The molecule has 0 spiro atoms. The molecular weight excluding hydrogens is 166 g/mol. The number of hydrogen-bond donors (Lipinski definition) is 1. The Kier molecular flexibility index (Phi) is 4.52. The molecule has 0 aromatic heterocycles. The van der Waals surface area contributed by atoms with Crippen molar-refractivity contribution in [1.29, 1.82) is 0 Å². The van der Waals surface area contributed by atoms with Crippen LogP contribution in [0.2, 0.25) is 0 Å². The summed E-state index contributed by atoms with van der Waals surface area (Å²) in [5, 5.41) is 0. The van der Waals surface area contributed by atoms with Gasteiger partial charge < -0.3 is 5.73 Å². The summed E-state index contributed by atoms with van der Waals surface area (Å²) in [6.07, 6.45) is 3.76. The third kappa shape index (κ3) is 4.09. The predicted molar refractivity (Wildman–Crippen MR) is 59.1 cm³/mol. The quantitative estimate of drug-likeness (QED) is 0.411. The molecule has 0 unspecified atom stereocenters. The predicted octanol–water partition coefficient (Wildman–Crippen LogP) is 2.74. The Morgan fingerprint density at radius 1 is 1.25 bits per heavy atom. The molecule has 0 atom stereocenters. The van der Waals surface area contributed by atoms with Gasteiger partial charge >= 0.3 is 0 Å². The molecule has 0 amide bonds. The lowest BCUT2D eigenvalue weighted by Gasteiger charge is -2.02. The van der Waals surface area contributed by atoms with Gasteiger partial charge in [0.15, 0.2) is 0 Å². The molecule has 0 aliphatic rings. The Morgan fingerprint density at radius 2 is 1.75 bits per heavy atom. The summed E-state index contributed by atoms with van der Waals surface area (Å²) in [5.74, 6) is 0. The lowest BCUT2D eigenvalue weighted by molar-refractivity contribution is 1.24. The van der Waals surface area contributed by atoms with Gasteiger partial charge in [0, 0.05) is 10.6 Å². The second kappa shape index (κ2) is 4.88. The maximum atomic E-state index is 5.65. The number of nitrogens with two attached hydrogens (primary N) is 1. The van der Waals surface area contributed by atoms with Crippen LogP contribution in [0, 0.1) is 0 Å². The highest BCUT2D eigenvalue weighted by Crippen LogP contribution is 2.10. The Morgan fingerprint density at radius 3 is 2.00 bits per heavy atom. The van der Waals surface area contributed by atoms with Gasteiger partial charge in [-0.1, -0.05) is 24.9 Å². The van der Waals surface area contributed by atoms with E-state index < -0.39 is 0 Å². The van der Waals surface area contributed by atoms with E-state index in [1.54, 1.807) is 0 Å². The Bertz CT molecular complexity index is 255. The monoisotopic (exact) mass is 181 g/mol. The SMILES string of the molecule is C=C(C)C(/C=C/C(C)=S)=C(/C)N. The maximum Gasteiger partial charge on any atom is 0.0125 e. The molecule has 0 saturated heterocycles. The number of hydrogen-bond acceptors (Lipinski definition) is 2. The molecule has 0 aliphatic heterocycles. The second-order valence-corrected chi connectivity index (χ2v) is 3.46. The topological polar surface area (TPSA) is 26.0 Å². The van der Waals surface area contributed by atoms with Crippen LogP contribution in [-0.4, -0.2) is 4.86 Å². The average molecular weight is 181 g/mol. The fourth-order valence-corrected chi connectivity index (χ4v) is 0.879. The van der Waals surface area contributed by atoms with Gasteiger partial charge in [-0.05, 0) is 38.0 Å². The molecule has 66 valence electrons. The lowest BCUT2D eigenvalue weighted by atomic mass is 10.1. The van der Waals surface area contributed by atoms with Crippen LogP contribution in [0.3, 0.4) is 0 Å². The first-order valence-corrected chi connectivity index (χ1v) is 4.17. The molecule has 0 heterocycles. The summed E-state index contributed by atoms with van der Waals surface area (Å²) >= 11 is 4.91. The minimum Gasteiger partial charge on any atom is -0.402 e. The third-order valence-corrected chi connectivity index (χ3v) is 1.51. The van der Waals surface area contributed by atoms with Crippen molar-refractivity contribution in [2.45, 2.75) is 20.8 Å². The van der Waals surface area contributed by atoms with Crippen molar-refractivity contribution in [2.24, 2.45) is 5.73 Å². The first kappa shape index (κ1) is 11.1. The van der Waals surface area contributed by atoms with E-state index in [1.165, 1.54) is 0 Å². The van der Waals surface area contributed by atoms with Crippen molar-refractivity contribution >= 4 is 17.1 Å². The van der Waals surface area contributed by atoms with Gasteiger partial charge in [-0.25, -0.2) is 0 Å². The summed E-state index contributed by atoms with van der Waals surface area (Å²) in [5.41, 5.74) is 8.35. The molecular formula is C10H15NS. The van der Waals surface area contributed by atoms with Crippen LogP contribution in [0.25, 0.3) is 0 Å². The maximum absolute atomic E-state index is 5.65. The summed E-state index contributed by atoms with van der Waals surface area (Å²) in [6, 6.07) is 0. The largest absolute Gasteiger partial charge is 0.402 e. The van der Waals surface area contributed by atoms with Crippen LogP contribution in [-0.2, 0) is 0 Å². The van der Waals surface area contributed by atoms with E-state index in [1.807, 2.05) is 32.9 Å². The van der Waals surface area contributed by atoms with E-state index in [2.05, 4.69) is 6.58 Å². The molecule has 2 N–H and O–H groups in total. The zero-order valence-corrected chi connectivity index (χ0v) is 8.66. The summed E-state index contributed by atoms with van der Waals surface area (Å²) in [7, 11) is 0. The first-order valence-electron chi connectivity index (χ1n) is 3.76. The van der Waals surface area contributed by atoms with Crippen molar-refractivity contribution in [1.82, 2.24) is 0 Å². The fraction of sp³-hybridized carbons (Fsp3) is 0.300. The number of rotatable bonds is 3. The van der Waals surface area contributed by atoms with E-state index in [9.17, 15) is 0 Å². The molecule has 0 rings (SSSR count). The van der Waals surface area contributed by atoms with Gasteiger partial charge in [0.2, 0.25) is 0 Å². The van der Waals surface area contributed by atoms with Crippen molar-refractivity contribution in [3.8, 4) is 0 Å². The smallest absolute Gasteiger partial charge is 0.0125 e. The fourth-order valence-electron chi connectivity index (χ4n) is 0.811. The van der Waals surface area contributed by atoms with E-state index >= 15 is 0 Å². The van der Waals surface area contributed by atoms with Crippen molar-refractivity contribution < 1.29 is 0 Å². The minimum absolute atomic E-state index is 0.773. The van der Waals surface area contributed by atoms with Crippen molar-refractivity contribution in [3.63, 3.8) is 0 Å². The van der Waals surface area contributed by atoms with Crippen molar-refractivity contribution in [3.05, 3.63) is 35.6 Å². The van der Waals surface area contributed by atoms with E-state index in [-0.39, 0.29) is 0 Å². The Hall–Kier alpha value is -0.890. The molecule has 0 saturated carbocycles.